The molecule has 1 atom stereocenters. The van der Waals surface area contributed by atoms with Crippen LogP contribution in [0.3, 0.4) is 0 Å². The standard InChI is InChI=1S/C14H17N5O2/c20-8-6-11-5-7-18(9-11)14(21)12-1-3-13(4-2-12)19-10-15-16-17-19/h1-4,10-11,20H,5-9H2. The predicted molar refractivity (Wildman–Crippen MR) is 74.9 cm³/mol. The molecule has 1 aromatic heterocycles. The molecule has 0 saturated carbocycles. The van der Waals surface area contributed by atoms with E-state index in [1.807, 2.05) is 17.0 Å². The van der Waals surface area contributed by atoms with E-state index in [-0.39, 0.29) is 12.5 Å². The molecule has 1 N–H and O–H groups in total. The molecule has 1 aliphatic heterocycles. The second-order valence-corrected chi connectivity index (χ2v) is 5.22. The second-order valence-electron chi connectivity index (χ2n) is 5.22. The number of hydrogen-bond donors (Lipinski definition) is 1. The van der Waals surface area contributed by atoms with Gasteiger partial charge >= 0.3 is 0 Å². The van der Waals surface area contributed by atoms with Gasteiger partial charge in [-0.15, -0.1) is 5.10 Å². The lowest BCUT2D eigenvalue weighted by atomic mass is 10.1. The maximum atomic E-state index is 12.4. The van der Waals surface area contributed by atoms with Crippen LogP contribution in [-0.2, 0) is 0 Å². The highest BCUT2D eigenvalue weighted by atomic mass is 16.3. The third kappa shape index (κ3) is 2.92. The lowest BCUT2D eigenvalue weighted by molar-refractivity contribution is 0.0785. The van der Waals surface area contributed by atoms with Gasteiger partial charge in [0.1, 0.15) is 6.33 Å². The number of nitrogens with zero attached hydrogens (tertiary/aromatic N) is 5. The first-order valence-electron chi connectivity index (χ1n) is 7.01. The Morgan fingerprint density at radius 2 is 2.14 bits per heavy atom. The molecule has 2 heterocycles. The number of carbonyl (C=O) groups excluding carboxylic acids is 1. The van der Waals surface area contributed by atoms with Crippen molar-refractivity contribution in [2.45, 2.75) is 12.8 Å². The molecule has 2 aromatic rings. The third-order valence-corrected chi connectivity index (χ3v) is 3.84. The van der Waals surface area contributed by atoms with E-state index in [0.717, 1.165) is 31.6 Å². The number of likely N-dealkylation sites (tertiary alicyclic amines) is 1. The van der Waals surface area contributed by atoms with Gasteiger partial charge in [-0.2, -0.15) is 0 Å². The van der Waals surface area contributed by atoms with Crippen LogP contribution >= 0.6 is 0 Å². The van der Waals surface area contributed by atoms with Gasteiger partial charge in [0.2, 0.25) is 0 Å². The van der Waals surface area contributed by atoms with Crippen molar-refractivity contribution in [2.75, 3.05) is 19.7 Å². The number of carbonyl (C=O) groups is 1. The first-order valence-corrected chi connectivity index (χ1v) is 7.01. The van der Waals surface area contributed by atoms with Crippen molar-refractivity contribution < 1.29 is 9.90 Å². The van der Waals surface area contributed by atoms with E-state index < -0.39 is 0 Å². The fourth-order valence-corrected chi connectivity index (χ4v) is 2.65. The minimum Gasteiger partial charge on any atom is -0.396 e. The van der Waals surface area contributed by atoms with Gasteiger partial charge < -0.3 is 10.0 Å². The monoisotopic (exact) mass is 287 g/mol. The molecule has 21 heavy (non-hydrogen) atoms. The molecule has 0 aliphatic carbocycles. The van der Waals surface area contributed by atoms with Gasteiger partial charge in [0, 0.05) is 25.3 Å². The highest BCUT2D eigenvalue weighted by Crippen LogP contribution is 2.21. The van der Waals surface area contributed by atoms with Gasteiger partial charge in [0.15, 0.2) is 0 Å². The summed E-state index contributed by atoms with van der Waals surface area (Å²) in [6, 6.07) is 7.23. The van der Waals surface area contributed by atoms with Crippen LogP contribution < -0.4 is 0 Å². The molecule has 110 valence electrons. The topological polar surface area (TPSA) is 84.1 Å². The molecule has 7 nitrogen and oxygen atoms in total. The molecule has 1 fully saturated rings. The molecule has 0 radical (unpaired) electrons. The minimum atomic E-state index is 0.0405. The van der Waals surface area contributed by atoms with Gasteiger partial charge in [-0.1, -0.05) is 0 Å². The van der Waals surface area contributed by atoms with Crippen molar-refractivity contribution in [1.29, 1.82) is 0 Å². The van der Waals surface area contributed by atoms with Crippen LogP contribution in [0.25, 0.3) is 5.69 Å². The molecule has 1 saturated heterocycles. The molecule has 3 rings (SSSR count). The number of tetrazole rings is 1. The van der Waals surface area contributed by atoms with Crippen molar-refractivity contribution in [3.63, 3.8) is 0 Å². The average molecular weight is 287 g/mol. The Morgan fingerprint density at radius 3 is 2.81 bits per heavy atom. The van der Waals surface area contributed by atoms with Crippen molar-refractivity contribution in [3.05, 3.63) is 36.2 Å². The molecular formula is C14H17N5O2. The van der Waals surface area contributed by atoms with Crippen LogP contribution in [0.5, 0.6) is 0 Å². The Labute approximate surface area is 122 Å². The normalized spacial score (nSPS) is 18.1. The molecule has 7 heteroatoms. The number of amides is 1. The number of rotatable bonds is 4. The number of aliphatic hydroxyl groups is 1. The largest absolute Gasteiger partial charge is 0.396 e. The summed E-state index contributed by atoms with van der Waals surface area (Å²) in [4.78, 5) is 14.3. The summed E-state index contributed by atoms with van der Waals surface area (Å²) in [6.07, 6.45) is 3.24. The fourth-order valence-electron chi connectivity index (χ4n) is 2.65. The zero-order valence-corrected chi connectivity index (χ0v) is 11.6. The minimum absolute atomic E-state index is 0.0405. The first-order chi connectivity index (χ1) is 10.3. The van der Waals surface area contributed by atoms with E-state index in [1.165, 1.54) is 6.33 Å². The van der Waals surface area contributed by atoms with Crippen molar-refractivity contribution in [1.82, 2.24) is 25.1 Å². The summed E-state index contributed by atoms with van der Waals surface area (Å²) in [5.74, 6) is 0.457. The lowest BCUT2D eigenvalue weighted by Crippen LogP contribution is -2.28. The molecule has 0 spiro atoms. The molecule has 1 amide bonds. The molecule has 1 unspecified atom stereocenters. The second kappa shape index (κ2) is 6.01. The maximum Gasteiger partial charge on any atom is 0.253 e. The van der Waals surface area contributed by atoms with Crippen LogP contribution in [0, 0.1) is 5.92 Å². The summed E-state index contributed by atoms with van der Waals surface area (Å²) in [7, 11) is 0. The van der Waals surface area contributed by atoms with E-state index in [4.69, 9.17) is 5.11 Å². The Morgan fingerprint density at radius 1 is 1.33 bits per heavy atom. The van der Waals surface area contributed by atoms with E-state index in [1.54, 1.807) is 16.8 Å². The van der Waals surface area contributed by atoms with Gasteiger partial charge in [-0.3, -0.25) is 4.79 Å². The zero-order chi connectivity index (χ0) is 14.7. The van der Waals surface area contributed by atoms with Gasteiger partial charge in [-0.05, 0) is 53.5 Å². The maximum absolute atomic E-state index is 12.4. The summed E-state index contributed by atoms with van der Waals surface area (Å²) in [5, 5.41) is 19.9. The van der Waals surface area contributed by atoms with Crippen molar-refractivity contribution >= 4 is 5.91 Å². The van der Waals surface area contributed by atoms with Gasteiger partial charge in [-0.25, -0.2) is 4.68 Å². The highest BCUT2D eigenvalue weighted by molar-refractivity contribution is 5.94. The molecule has 1 aliphatic rings. The quantitative estimate of drug-likeness (QED) is 0.885. The van der Waals surface area contributed by atoms with Crippen molar-refractivity contribution in [3.8, 4) is 5.69 Å². The highest BCUT2D eigenvalue weighted by Gasteiger charge is 2.26. The number of aromatic nitrogens is 4. The smallest absolute Gasteiger partial charge is 0.253 e. The van der Waals surface area contributed by atoms with Gasteiger partial charge in [0.05, 0.1) is 5.69 Å². The average Bonchev–Trinajstić information content (AvgIpc) is 3.19. The molecular weight excluding hydrogens is 270 g/mol. The van der Waals surface area contributed by atoms with Crippen molar-refractivity contribution in [2.24, 2.45) is 5.92 Å². The Hall–Kier alpha value is -2.28. The fraction of sp³-hybridized carbons (Fsp3) is 0.429. The number of hydrogen-bond acceptors (Lipinski definition) is 5. The predicted octanol–water partition coefficient (Wildman–Crippen LogP) is 0.507. The van der Waals surface area contributed by atoms with Crippen LogP contribution in [-0.4, -0.2) is 55.8 Å². The van der Waals surface area contributed by atoms with Crippen LogP contribution in [0.4, 0.5) is 0 Å². The van der Waals surface area contributed by atoms with E-state index in [9.17, 15) is 4.79 Å². The summed E-state index contributed by atoms with van der Waals surface area (Å²) in [5.41, 5.74) is 1.48. The van der Waals surface area contributed by atoms with E-state index >= 15 is 0 Å². The molecule has 0 bridgehead atoms. The Kier molecular flexibility index (Phi) is 3.92. The Bertz CT molecular complexity index is 596. The SMILES string of the molecule is O=C(c1ccc(-n2cnnn2)cc1)N1CCC(CCO)C1. The summed E-state index contributed by atoms with van der Waals surface area (Å²) in [6.45, 7) is 1.68. The Balaban J connectivity index is 1.68. The molecule has 1 aromatic carbocycles. The van der Waals surface area contributed by atoms with Gasteiger partial charge in [0.25, 0.3) is 5.91 Å². The van der Waals surface area contributed by atoms with E-state index in [2.05, 4.69) is 15.5 Å². The van der Waals surface area contributed by atoms with Crippen LogP contribution in [0.15, 0.2) is 30.6 Å². The van der Waals surface area contributed by atoms with Crippen LogP contribution in [0.1, 0.15) is 23.2 Å². The first kappa shape index (κ1) is 13.7. The summed E-state index contributed by atoms with van der Waals surface area (Å²) >= 11 is 0. The van der Waals surface area contributed by atoms with E-state index in [0.29, 0.717) is 11.5 Å². The summed E-state index contributed by atoms with van der Waals surface area (Å²) < 4.78 is 1.54. The number of benzene rings is 1. The zero-order valence-electron chi connectivity index (χ0n) is 11.6. The lowest BCUT2D eigenvalue weighted by Gasteiger charge is -2.16. The number of aliphatic hydroxyl groups excluding tert-OH is 1. The third-order valence-electron chi connectivity index (χ3n) is 3.84. The van der Waals surface area contributed by atoms with Crippen LogP contribution in [0.2, 0.25) is 0 Å².